The summed E-state index contributed by atoms with van der Waals surface area (Å²) >= 11 is 5.68. The van der Waals surface area contributed by atoms with E-state index in [4.69, 9.17) is 11.6 Å². The fourth-order valence-corrected chi connectivity index (χ4v) is 1.53. The number of hydrogen-bond donors (Lipinski definition) is 2. The summed E-state index contributed by atoms with van der Waals surface area (Å²) in [6.07, 6.45) is 2.18. The first-order valence-corrected chi connectivity index (χ1v) is 4.67. The monoisotopic (exact) mass is 198 g/mol. The van der Waals surface area contributed by atoms with E-state index in [9.17, 15) is 10.2 Å². The van der Waals surface area contributed by atoms with Gasteiger partial charge in [0.25, 0.3) is 0 Å². The van der Waals surface area contributed by atoms with Crippen molar-refractivity contribution in [3.05, 3.63) is 28.8 Å². The molecular formula is C10H11ClO2. The van der Waals surface area contributed by atoms with Crippen LogP contribution in [-0.4, -0.2) is 15.8 Å². The molecule has 1 fully saturated rings. The Morgan fingerprint density at radius 1 is 1.38 bits per heavy atom. The highest BCUT2D eigenvalue weighted by Gasteiger charge is 2.40. The quantitative estimate of drug-likeness (QED) is 0.764. The molecule has 0 amide bonds. The summed E-state index contributed by atoms with van der Waals surface area (Å²) in [5.41, 5.74) is 0.204. The fraction of sp³-hybridized carbons (Fsp3) is 0.400. The van der Waals surface area contributed by atoms with Crippen molar-refractivity contribution in [2.24, 2.45) is 0 Å². The van der Waals surface area contributed by atoms with Gasteiger partial charge in [0.1, 0.15) is 5.75 Å². The van der Waals surface area contributed by atoms with E-state index in [0.29, 0.717) is 11.4 Å². The van der Waals surface area contributed by atoms with Crippen molar-refractivity contribution in [1.29, 1.82) is 0 Å². The molecule has 70 valence electrons. The van der Waals surface area contributed by atoms with Crippen LogP contribution in [0.15, 0.2) is 18.2 Å². The van der Waals surface area contributed by atoms with Gasteiger partial charge in [-0.05, 0) is 30.5 Å². The molecule has 3 heteroatoms. The molecule has 1 aliphatic carbocycles. The summed E-state index contributed by atoms with van der Waals surface area (Å²) in [6, 6.07) is 4.99. The van der Waals surface area contributed by atoms with Gasteiger partial charge in [-0.3, -0.25) is 0 Å². The number of benzene rings is 1. The second kappa shape index (κ2) is 2.89. The van der Waals surface area contributed by atoms with Crippen LogP contribution in [0.1, 0.15) is 18.4 Å². The van der Waals surface area contributed by atoms with E-state index in [-0.39, 0.29) is 5.75 Å². The van der Waals surface area contributed by atoms with Gasteiger partial charge in [0.2, 0.25) is 0 Å². The van der Waals surface area contributed by atoms with Gasteiger partial charge >= 0.3 is 0 Å². The van der Waals surface area contributed by atoms with Gasteiger partial charge in [0.15, 0.2) is 0 Å². The molecule has 2 rings (SSSR count). The third-order valence-corrected chi connectivity index (χ3v) is 2.63. The second-order valence-corrected chi connectivity index (χ2v) is 4.11. The smallest absolute Gasteiger partial charge is 0.120 e. The standard InChI is InChI=1S/C10H11ClO2/c11-8-2-1-7(9(12)5-8)6-10(13)3-4-10/h1-2,5,12-13H,3-4,6H2. The Morgan fingerprint density at radius 3 is 2.62 bits per heavy atom. The molecule has 0 heterocycles. The molecule has 1 saturated carbocycles. The number of aromatic hydroxyl groups is 1. The number of rotatable bonds is 2. The summed E-state index contributed by atoms with van der Waals surface area (Å²) in [5, 5.41) is 19.6. The van der Waals surface area contributed by atoms with Crippen molar-refractivity contribution in [2.75, 3.05) is 0 Å². The minimum Gasteiger partial charge on any atom is -0.508 e. The van der Waals surface area contributed by atoms with Crippen LogP contribution in [0.25, 0.3) is 0 Å². The van der Waals surface area contributed by atoms with E-state index >= 15 is 0 Å². The zero-order valence-electron chi connectivity index (χ0n) is 7.13. The van der Waals surface area contributed by atoms with E-state index in [1.165, 1.54) is 6.07 Å². The number of halogens is 1. The molecule has 0 spiro atoms. The van der Waals surface area contributed by atoms with Crippen LogP contribution < -0.4 is 0 Å². The Kier molecular flexibility index (Phi) is 1.97. The van der Waals surface area contributed by atoms with E-state index in [2.05, 4.69) is 0 Å². The number of phenols is 1. The van der Waals surface area contributed by atoms with Gasteiger partial charge in [-0.25, -0.2) is 0 Å². The summed E-state index contributed by atoms with van der Waals surface area (Å²) in [5.74, 6) is 0.174. The van der Waals surface area contributed by atoms with Gasteiger partial charge in [0, 0.05) is 11.4 Å². The molecule has 13 heavy (non-hydrogen) atoms. The van der Waals surface area contributed by atoms with Crippen LogP contribution in [0.5, 0.6) is 5.75 Å². The van der Waals surface area contributed by atoms with E-state index in [1.807, 2.05) is 0 Å². The zero-order valence-corrected chi connectivity index (χ0v) is 7.88. The third kappa shape index (κ3) is 1.95. The Morgan fingerprint density at radius 2 is 2.08 bits per heavy atom. The molecule has 1 aromatic carbocycles. The predicted molar refractivity (Wildman–Crippen MR) is 51.0 cm³/mol. The molecule has 2 nitrogen and oxygen atoms in total. The summed E-state index contributed by atoms with van der Waals surface area (Å²) in [4.78, 5) is 0. The number of phenolic OH excluding ortho intramolecular Hbond substituents is 1. The molecule has 0 aliphatic heterocycles. The zero-order chi connectivity index (χ0) is 9.47. The lowest BCUT2D eigenvalue weighted by atomic mass is 10.1. The summed E-state index contributed by atoms with van der Waals surface area (Å²) < 4.78 is 0. The molecule has 2 N–H and O–H groups in total. The molecule has 0 atom stereocenters. The number of hydrogen-bond acceptors (Lipinski definition) is 2. The average molecular weight is 199 g/mol. The first-order chi connectivity index (χ1) is 6.09. The third-order valence-electron chi connectivity index (χ3n) is 2.39. The van der Waals surface area contributed by atoms with Crippen molar-refractivity contribution in [1.82, 2.24) is 0 Å². The van der Waals surface area contributed by atoms with Crippen molar-refractivity contribution in [2.45, 2.75) is 24.9 Å². The maximum Gasteiger partial charge on any atom is 0.120 e. The van der Waals surface area contributed by atoms with Crippen molar-refractivity contribution in [3.8, 4) is 5.75 Å². The van der Waals surface area contributed by atoms with Gasteiger partial charge in [-0.1, -0.05) is 17.7 Å². The maximum absolute atomic E-state index is 9.63. The molecule has 0 saturated heterocycles. The minimum absolute atomic E-state index is 0.174. The lowest BCUT2D eigenvalue weighted by Crippen LogP contribution is -2.10. The van der Waals surface area contributed by atoms with E-state index in [0.717, 1.165) is 18.4 Å². The Bertz CT molecular complexity index is 332. The Balaban J connectivity index is 2.20. The predicted octanol–water partition coefficient (Wildman–Crippen LogP) is 2.11. The topological polar surface area (TPSA) is 40.5 Å². The lowest BCUT2D eigenvalue weighted by Gasteiger charge is -2.09. The lowest BCUT2D eigenvalue weighted by molar-refractivity contribution is 0.150. The van der Waals surface area contributed by atoms with Crippen molar-refractivity contribution >= 4 is 11.6 Å². The Labute approximate surface area is 81.8 Å². The van der Waals surface area contributed by atoms with Crippen molar-refractivity contribution in [3.63, 3.8) is 0 Å². The summed E-state index contributed by atoms with van der Waals surface area (Å²) in [6.45, 7) is 0. The minimum atomic E-state index is -0.564. The molecule has 0 radical (unpaired) electrons. The molecule has 1 aliphatic rings. The van der Waals surface area contributed by atoms with Crippen molar-refractivity contribution < 1.29 is 10.2 Å². The highest BCUT2D eigenvalue weighted by molar-refractivity contribution is 6.30. The van der Waals surface area contributed by atoms with Gasteiger partial charge in [0.05, 0.1) is 5.60 Å². The van der Waals surface area contributed by atoms with Crippen LogP contribution in [0.2, 0.25) is 5.02 Å². The normalized spacial score (nSPS) is 18.6. The van der Waals surface area contributed by atoms with Gasteiger partial charge in [-0.15, -0.1) is 0 Å². The molecule has 0 aromatic heterocycles. The van der Waals surface area contributed by atoms with Crippen LogP contribution in [0.4, 0.5) is 0 Å². The van der Waals surface area contributed by atoms with Gasteiger partial charge in [-0.2, -0.15) is 0 Å². The highest BCUT2D eigenvalue weighted by atomic mass is 35.5. The fourth-order valence-electron chi connectivity index (χ4n) is 1.36. The van der Waals surface area contributed by atoms with Crippen LogP contribution in [-0.2, 0) is 6.42 Å². The second-order valence-electron chi connectivity index (χ2n) is 3.67. The van der Waals surface area contributed by atoms with Gasteiger partial charge < -0.3 is 10.2 Å². The SMILES string of the molecule is Oc1cc(Cl)ccc1CC1(O)CC1. The summed E-state index contributed by atoms with van der Waals surface area (Å²) in [7, 11) is 0. The van der Waals surface area contributed by atoms with E-state index in [1.54, 1.807) is 12.1 Å². The number of aliphatic hydroxyl groups is 1. The van der Waals surface area contributed by atoms with Crippen LogP contribution in [0, 0.1) is 0 Å². The Hall–Kier alpha value is -0.730. The molecular weight excluding hydrogens is 188 g/mol. The molecule has 0 bridgehead atoms. The average Bonchev–Trinajstić information content (AvgIpc) is 2.75. The first kappa shape index (κ1) is 8.85. The maximum atomic E-state index is 9.63. The van der Waals surface area contributed by atoms with Crippen LogP contribution >= 0.6 is 11.6 Å². The molecule has 1 aromatic rings. The van der Waals surface area contributed by atoms with Crippen LogP contribution in [0.3, 0.4) is 0 Å². The first-order valence-electron chi connectivity index (χ1n) is 4.29. The molecule has 0 unspecified atom stereocenters. The highest BCUT2D eigenvalue weighted by Crippen LogP contribution is 2.40. The van der Waals surface area contributed by atoms with E-state index < -0.39 is 5.60 Å². The largest absolute Gasteiger partial charge is 0.508 e.